The molecule has 2 rings (SSSR count). The third-order valence-corrected chi connectivity index (χ3v) is 2.55. The molecule has 4 nitrogen and oxygen atoms in total. The number of rotatable bonds is 2. The van der Waals surface area contributed by atoms with E-state index in [0.29, 0.717) is 5.56 Å². The Morgan fingerprint density at radius 1 is 1.29 bits per heavy atom. The lowest BCUT2D eigenvalue weighted by Crippen LogP contribution is -2.14. The van der Waals surface area contributed by atoms with Crippen molar-refractivity contribution in [2.75, 3.05) is 11.9 Å². The van der Waals surface area contributed by atoms with Gasteiger partial charge in [-0.15, -0.1) is 0 Å². The van der Waals surface area contributed by atoms with Crippen LogP contribution in [-0.2, 0) is 0 Å². The number of amides is 1. The molecule has 0 aliphatic rings. The molecule has 2 N–H and O–H groups in total. The van der Waals surface area contributed by atoms with Gasteiger partial charge >= 0.3 is 0 Å². The number of benzene rings is 1. The van der Waals surface area contributed by atoms with E-state index in [1.807, 2.05) is 0 Å². The Kier molecular flexibility index (Phi) is 4.59. The summed E-state index contributed by atoms with van der Waals surface area (Å²) in [6, 6.07) is 4.49. The van der Waals surface area contributed by atoms with Crippen LogP contribution in [0.15, 0.2) is 36.7 Å². The Labute approximate surface area is 119 Å². The van der Waals surface area contributed by atoms with Gasteiger partial charge < -0.3 is 10.4 Å². The SMILES string of the molecule is O=C(Nc1ccc(F)c(F)c1)c1ccncc1C#CCO. The van der Waals surface area contributed by atoms with Crippen LogP contribution in [0.3, 0.4) is 0 Å². The Hall–Kier alpha value is -2.78. The topological polar surface area (TPSA) is 62.2 Å². The van der Waals surface area contributed by atoms with Crippen molar-refractivity contribution in [2.45, 2.75) is 0 Å². The van der Waals surface area contributed by atoms with Gasteiger partial charge in [0.25, 0.3) is 5.91 Å². The van der Waals surface area contributed by atoms with Crippen molar-refractivity contribution in [1.82, 2.24) is 4.98 Å². The first kappa shape index (κ1) is 14.6. The molecule has 0 radical (unpaired) electrons. The molecule has 6 heteroatoms. The van der Waals surface area contributed by atoms with E-state index < -0.39 is 17.5 Å². The standard InChI is InChI=1S/C15H10F2N2O2/c16-13-4-3-11(8-14(13)17)19-15(21)12-5-6-18-9-10(12)2-1-7-20/h3-6,8-9,20H,7H2,(H,19,21). The van der Waals surface area contributed by atoms with Crippen LogP contribution in [0.2, 0.25) is 0 Å². The average molecular weight is 288 g/mol. The van der Waals surface area contributed by atoms with E-state index in [-0.39, 0.29) is 17.9 Å². The number of halogens is 2. The molecule has 1 heterocycles. The van der Waals surface area contributed by atoms with Crippen LogP contribution in [0.4, 0.5) is 14.5 Å². The third kappa shape index (κ3) is 3.61. The molecule has 0 atom stereocenters. The highest BCUT2D eigenvalue weighted by Crippen LogP contribution is 2.15. The lowest BCUT2D eigenvalue weighted by molar-refractivity contribution is 0.102. The van der Waals surface area contributed by atoms with Gasteiger partial charge in [-0.1, -0.05) is 11.8 Å². The van der Waals surface area contributed by atoms with Gasteiger partial charge in [0.15, 0.2) is 11.6 Å². The summed E-state index contributed by atoms with van der Waals surface area (Å²) in [6.07, 6.45) is 2.78. The molecule has 1 aromatic heterocycles. The maximum absolute atomic E-state index is 13.1. The van der Waals surface area contributed by atoms with E-state index in [1.165, 1.54) is 24.5 Å². The molecule has 0 fully saturated rings. The molecule has 1 amide bonds. The van der Waals surface area contributed by atoms with E-state index >= 15 is 0 Å². The maximum atomic E-state index is 13.1. The molecule has 106 valence electrons. The van der Waals surface area contributed by atoms with E-state index in [1.54, 1.807) is 0 Å². The van der Waals surface area contributed by atoms with Gasteiger partial charge in [0, 0.05) is 24.1 Å². The first-order valence-corrected chi connectivity index (χ1v) is 5.92. The van der Waals surface area contributed by atoms with Crippen LogP contribution in [0.5, 0.6) is 0 Å². The van der Waals surface area contributed by atoms with Crippen molar-refractivity contribution in [3.63, 3.8) is 0 Å². The zero-order valence-electron chi connectivity index (χ0n) is 10.7. The molecular weight excluding hydrogens is 278 g/mol. The predicted molar refractivity (Wildman–Crippen MR) is 72.5 cm³/mol. The number of carbonyl (C=O) groups is 1. The smallest absolute Gasteiger partial charge is 0.257 e. The minimum Gasteiger partial charge on any atom is -0.384 e. The zero-order chi connectivity index (χ0) is 15.2. The molecule has 0 saturated carbocycles. The van der Waals surface area contributed by atoms with Crippen LogP contribution < -0.4 is 5.32 Å². The molecular formula is C15H10F2N2O2. The largest absolute Gasteiger partial charge is 0.384 e. The highest BCUT2D eigenvalue weighted by molar-refractivity contribution is 6.05. The van der Waals surface area contributed by atoms with Crippen LogP contribution in [0, 0.1) is 23.5 Å². The Bertz CT molecular complexity index is 736. The van der Waals surface area contributed by atoms with Crippen LogP contribution in [-0.4, -0.2) is 22.6 Å². The number of aliphatic hydroxyl groups excluding tert-OH is 1. The van der Waals surface area contributed by atoms with Crippen LogP contribution >= 0.6 is 0 Å². The van der Waals surface area contributed by atoms with Gasteiger partial charge in [-0.2, -0.15) is 0 Å². The fourth-order valence-corrected chi connectivity index (χ4v) is 1.60. The summed E-state index contributed by atoms with van der Waals surface area (Å²) in [4.78, 5) is 15.9. The highest BCUT2D eigenvalue weighted by atomic mass is 19.2. The minimum absolute atomic E-state index is 0.122. The summed E-state index contributed by atoms with van der Waals surface area (Å²) in [6.45, 7) is -0.348. The van der Waals surface area contributed by atoms with Crippen molar-refractivity contribution in [3.05, 3.63) is 59.4 Å². The average Bonchev–Trinajstić information content (AvgIpc) is 2.49. The number of anilines is 1. The first-order chi connectivity index (χ1) is 10.1. The summed E-state index contributed by atoms with van der Waals surface area (Å²) in [5.74, 6) is 2.43. The first-order valence-electron chi connectivity index (χ1n) is 5.92. The van der Waals surface area contributed by atoms with Crippen molar-refractivity contribution in [1.29, 1.82) is 0 Å². The molecule has 0 unspecified atom stereocenters. The Balaban J connectivity index is 2.26. The molecule has 0 bridgehead atoms. The number of pyridine rings is 1. The van der Waals surface area contributed by atoms with Gasteiger partial charge in [0.2, 0.25) is 0 Å². The lowest BCUT2D eigenvalue weighted by atomic mass is 10.1. The second kappa shape index (κ2) is 6.59. The molecule has 0 aliphatic heterocycles. The number of nitrogens with zero attached hydrogens (tertiary/aromatic N) is 1. The Morgan fingerprint density at radius 3 is 2.81 bits per heavy atom. The highest BCUT2D eigenvalue weighted by Gasteiger charge is 2.11. The van der Waals surface area contributed by atoms with Crippen molar-refractivity contribution < 1.29 is 18.7 Å². The van der Waals surface area contributed by atoms with Gasteiger partial charge in [0.05, 0.1) is 11.1 Å². The van der Waals surface area contributed by atoms with Crippen molar-refractivity contribution >= 4 is 11.6 Å². The van der Waals surface area contributed by atoms with E-state index in [9.17, 15) is 13.6 Å². The van der Waals surface area contributed by atoms with Gasteiger partial charge in [-0.3, -0.25) is 9.78 Å². The molecule has 1 aromatic carbocycles. The minimum atomic E-state index is -1.05. The fraction of sp³-hybridized carbons (Fsp3) is 0.0667. The van der Waals surface area contributed by atoms with Gasteiger partial charge in [0.1, 0.15) is 6.61 Å². The monoisotopic (exact) mass is 288 g/mol. The summed E-state index contributed by atoms with van der Waals surface area (Å²) < 4.78 is 25.9. The zero-order valence-corrected chi connectivity index (χ0v) is 10.7. The summed E-state index contributed by atoms with van der Waals surface area (Å²) in [5, 5.41) is 11.1. The molecule has 21 heavy (non-hydrogen) atoms. The lowest BCUT2D eigenvalue weighted by Gasteiger charge is -2.07. The van der Waals surface area contributed by atoms with Gasteiger partial charge in [-0.05, 0) is 18.2 Å². The normalized spacial score (nSPS) is 9.67. The van der Waals surface area contributed by atoms with E-state index in [4.69, 9.17) is 5.11 Å². The number of hydrogen-bond donors (Lipinski definition) is 2. The van der Waals surface area contributed by atoms with Crippen LogP contribution in [0.1, 0.15) is 15.9 Å². The van der Waals surface area contributed by atoms with E-state index in [2.05, 4.69) is 22.1 Å². The predicted octanol–water partition coefficient (Wildman–Crippen LogP) is 1.96. The number of aromatic nitrogens is 1. The third-order valence-electron chi connectivity index (χ3n) is 2.55. The maximum Gasteiger partial charge on any atom is 0.257 e. The number of nitrogens with one attached hydrogen (secondary N) is 1. The molecule has 0 saturated heterocycles. The quantitative estimate of drug-likeness (QED) is 0.830. The number of aliphatic hydroxyl groups is 1. The Morgan fingerprint density at radius 2 is 2.10 bits per heavy atom. The second-order valence-electron chi connectivity index (χ2n) is 3.96. The van der Waals surface area contributed by atoms with Crippen molar-refractivity contribution in [3.8, 4) is 11.8 Å². The molecule has 0 spiro atoms. The number of hydrogen-bond acceptors (Lipinski definition) is 3. The summed E-state index contributed by atoms with van der Waals surface area (Å²) in [7, 11) is 0. The summed E-state index contributed by atoms with van der Waals surface area (Å²) >= 11 is 0. The summed E-state index contributed by atoms with van der Waals surface area (Å²) in [5.41, 5.74) is 0.666. The second-order valence-corrected chi connectivity index (χ2v) is 3.96. The number of carbonyl (C=O) groups excluding carboxylic acids is 1. The van der Waals surface area contributed by atoms with Crippen LogP contribution in [0.25, 0.3) is 0 Å². The van der Waals surface area contributed by atoms with Crippen molar-refractivity contribution in [2.24, 2.45) is 0 Å². The fourth-order valence-electron chi connectivity index (χ4n) is 1.60. The molecule has 0 aliphatic carbocycles. The van der Waals surface area contributed by atoms with Gasteiger partial charge in [-0.25, -0.2) is 8.78 Å². The molecule has 2 aromatic rings. The van der Waals surface area contributed by atoms with E-state index in [0.717, 1.165) is 12.1 Å².